The quantitative estimate of drug-likeness (QED) is 0.831. The number of nitrogens with zero attached hydrogens (tertiary/aromatic N) is 1. The first kappa shape index (κ1) is 16.1. The fourth-order valence-electron chi connectivity index (χ4n) is 4.85. The Kier molecular flexibility index (Phi) is 3.84. The number of rotatable bonds is 3. The summed E-state index contributed by atoms with van der Waals surface area (Å²) in [6, 6.07) is 7.41. The van der Waals surface area contributed by atoms with Gasteiger partial charge >= 0.3 is 0 Å². The summed E-state index contributed by atoms with van der Waals surface area (Å²) in [4.78, 5) is 2.64. The zero-order valence-corrected chi connectivity index (χ0v) is 15.3. The largest absolute Gasteiger partial charge is 0.462 e. The molecule has 0 aromatic heterocycles. The second-order valence-corrected chi connectivity index (χ2v) is 8.30. The minimum Gasteiger partial charge on any atom is -0.462 e. The molecule has 0 atom stereocenters. The van der Waals surface area contributed by atoms with Crippen molar-refractivity contribution in [2.75, 3.05) is 20.2 Å². The van der Waals surface area contributed by atoms with Crippen LogP contribution in [0.1, 0.15) is 62.5 Å². The summed E-state index contributed by atoms with van der Waals surface area (Å²) < 4.78 is 18.5. The standard InChI is InChI=1S/C21H29NO3/c1-23-20(8-3-9-20)17-6-7-19-16(14-17)15-24-21(25-19)10-12-22(13-11-21)18-4-2-5-18/h6-7,14,18H,2-5,8-13,15H2,1H3. The van der Waals surface area contributed by atoms with E-state index >= 15 is 0 Å². The molecule has 0 unspecified atom stereocenters. The van der Waals surface area contributed by atoms with Crippen LogP contribution >= 0.6 is 0 Å². The zero-order valence-electron chi connectivity index (χ0n) is 15.3. The third-order valence-electron chi connectivity index (χ3n) is 7.08. The van der Waals surface area contributed by atoms with Crippen LogP contribution in [0.2, 0.25) is 0 Å². The third kappa shape index (κ3) is 2.61. The molecule has 25 heavy (non-hydrogen) atoms. The molecular weight excluding hydrogens is 314 g/mol. The van der Waals surface area contributed by atoms with E-state index in [1.807, 2.05) is 7.11 Å². The summed E-state index contributed by atoms with van der Waals surface area (Å²) in [5.74, 6) is 0.613. The lowest BCUT2D eigenvalue weighted by atomic mass is 9.74. The number of methoxy groups -OCH3 is 1. The lowest BCUT2D eigenvalue weighted by molar-refractivity contribution is -0.231. The van der Waals surface area contributed by atoms with Crippen LogP contribution in [0.4, 0.5) is 0 Å². The second kappa shape index (κ2) is 5.97. The first-order valence-electron chi connectivity index (χ1n) is 9.98. The van der Waals surface area contributed by atoms with Crippen molar-refractivity contribution in [3.8, 4) is 5.75 Å². The van der Waals surface area contributed by atoms with Crippen molar-refractivity contribution in [2.45, 2.75) is 75.4 Å². The molecule has 2 aliphatic carbocycles. The summed E-state index contributed by atoms with van der Waals surface area (Å²) in [5, 5.41) is 0. The van der Waals surface area contributed by atoms with Gasteiger partial charge in [0.25, 0.3) is 0 Å². The van der Waals surface area contributed by atoms with Gasteiger partial charge in [-0.2, -0.15) is 0 Å². The molecule has 2 aliphatic heterocycles. The average Bonchev–Trinajstić information content (AvgIpc) is 2.55. The SMILES string of the molecule is COC1(c2ccc3c(c2)COC2(CCN(C4CCC4)CC2)O3)CCC1. The van der Waals surface area contributed by atoms with E-state index < -0.39 is 5.79 Å². The summed E-state index contributed by atoms with van der Waals surface area (Å²) >= 11 is 0. The number of hydrogen-bond acceptors (Lipinski definition) is 4. The van der Waals surface area contributed by atoms with Gasteiger partial charge in [0.05, 0.1) is 12.2 Å². The molecular formula is C21H29NO3. The Hall–Kier alpha value is -1.10. The number of piperidine rings is 1. The minimum absolute atomic E-state index is 0.0712. The highest BCUT2D eigenvalue weighted by molar-refractivity contribution is 5.41. The van der Waals surface area contributed by atoms with Gasteiger partial charge in [-0.05, 0) is 49.8 Å². The molecule has 1 saturated heterocycles. The van der Waals surface area contributed by atoms with Crippen molar-refractivity contribution in [2.24, 2.45) is 0 Å². The van der Waals surface area contributed by atoms with Crippen LogP contribution in [-0.4, -0.2) is 36.9 Å². The van der Waals surface area contributed by atoms with Crippen molar-refractivity contribution in [3.05, 3.63) is 29.3 Å². The highest BCUT2D eigenvalue weighted by atomic mass is 16.7. The van der Waals surface area contributed by atoms with E-state index in [0.717, 1.165) is 50.6 Å². The lowest BCUT2D eigenvalue weighted by Gasteiger charge is -2.48. The molecule has 4 aliphatic rings. The van der Waals surface area contributed by atoms with E-state index in [1.165, 1.54) is 36.8 Å². The normalized spacial score (nSPS) is 27.9. The smallest absolute Gasteiger partial charge is 0.213 e. The van der Waals surface area contributed by atoms with Crippen LogP contribution in [0.3, 0.4) is 0 Å². The summed E-state index contributed by atoms with van der Waals surface area (Å²) in [6.07, 6.45) is 9.59. The van der Waals surface area contributed by atoms with Crippen molar-refractivity contribution in [1.82, 2.24) is 4.90 Å². The van der Waals surface area contributed by atoms with Crippen molar-refractivity contribution < 1.29 is 14.2 Å². The molecule has 5 rings (SSSR count). The molecule has 4 heteroatoms. The van der Waals surface area contributed by atoms with Gasteiger partial charge in [0.2, 0.25) is 5.79 Å². The van der Waals surface area contributed by atoms with E-state index in [-0.39, 0.29) is 5.60 Å². The summed E-state index contributed by atoms with van der Waals surface area (Å²) in [7, 11) is 1.83. The van der Waals surface area contributed by atoms with Crippen LogP contribution < -0.4 is 4.74 Å². The predicted octanol–water partition coefficient (Wildman–Crippen LogP) is 3.97. The summed E-state index contributed by atoms with van der Waals surface area (Å²) in [6.45, 7) is 2.86. The maximum atomic E-state index is 6.40. The van der Waals surface area contributed by atoms with Gasteiger partial charge in [-0.3, -0.25) is 4.90 Å². The van der Waals surface area contributed by atoms with Gasteiger partial charge in [-0.25, -0.2) is 0 Å². The van der Waals surface area contributed by atoms with E-state index in [9.17, 15) is 0 Å². The number of fused-ring (bicyclic) bond motifs is 1. The first-order valence-corrected chi connectivity index (χ1v) is 9.98. The molecule has 0 radical (unpaired) electrons. The monoisotopic (exact) mass is 343 g/mol. The molecule has 4 nitrogen and oxygen atoms in total. The molecule has 0 amide bonds. The molecule has 0 bridgehead atoms. The zero-order chi connectivity index (χ0) is 16.9. The van der Waals surface area contributed by atoms with Gasteiger partial charge in [0, 0.05) is 44.6 Å². The van der Waals surface area contributed by atoms with Gasteiger partial charge in [-0.15, -0.1) is 0 Å². The van der Waals surface area contributed by atoms with E-state index in [1.54, 1.807) is 0 Å². The Morgan fingerprint density at radius 1 is 1.08 bits per heavy atom. The Balaban J connectivity index is 1.30. The average molecular weight is 343 g/mol. The van der Waals surface area contributed by atoms with Crippen molar-refractivity contribution >= 4 is 0 Å². The lowest BCUT2D eigenvalue weighted by Crippen LogP contribution is -2.54. The number of benzene rings is 1. The van der Waals surface area contributed by atoms with Crippen molar-refractivity contribution in [3.63, 3.8) is 0 Å². The van der Waals surface area contributed by atoms with Crippen LogP contribution in [0, 0.1) is 0 Å². The van der Waals surface area contributed by atoms with E-state index in [0.29, 0.717) is 6.61 Å². The Morgan fingerprint density at radius 3 is 2.48 bits per heavy atom. The molecule has 136 valence electrons. The van der Waals surface area contributed by atoms with E-state index in [4.69, 9.17) is 14.2 Å². The van der Waals surface area contributed by atoms with Gasteiger partial charge < -0.3 is 14.2 Å². The molecule has 2 heterocycles. The highest BCUT2D eigenvalue weighted by Crippen LogP contribution is 2.46. The Bertz CT molecular complexity index is 637. The number of ether oxygens (including phenoxy) is 3. The molecule has 3 fully saturated rings. The van der Waals surface area contributed by atoms with Gasteiger partial charge in [0.1, 0.15) is 5.75 Å². The van der Waals surface area contributed by atoms with Crippen molar-refractivity contribution in [1.29, 1.82) is 0 Å². The highest BCUT2D eigenvalue weighted by Gasteiger charge is 2.44. The molecule has 0 N–H and O–H groups in total. The number of hydrogen-bond donors (Lipinski definition) is 0. The predicted molar refractivity (Wildman–Crippen MR) is 95.6 cm³/mol. The van der Waals surface area contributed by atoms with Gasteiger partial charge in [0.15, 0.2) is 0 Å². The van der Waals surface area contributed by atoms with Crippen LogP contribution in [-0.2, 0) is 21.7 Å². The summed E-state index contributed by atoms with van der Waals surface area (Å²) in [5.41, 5.74) is 2.38. The first-order chi connectivity index (χ1) is 12.2. The van der Waals surface area contributed by atoms with Crippen LogP contribution in [0.5, 0.6) is 5.75 Å². The maximum absolute atomic E-state index is 6.40. The molecule has 1 aromatic carbocycles. The number of likely N-dealkylation sites (tertiary alicyclic amines) is 1. The molecule has 1 aromatic rings. The fourth-order valence-corrected chi connectivity index (χ4v) is 4.85. The van der Waals surface area contributed by atoms with Gasteiger partial charge in [-0.1, -0.05) is 12.5 Å². The maximum Gasteiger partial charge on any atom is 0.213 e. The molecule has 1 spiro atoms. The molecule has 2 saturated carbocycles. The second-order valence-electron chi connectivity index (χ2n) is 8.30. The Labute approximate surface area is 150 Å². The fraction of sp³-hybridized carbons (Fsp3) is 0.714. The minimum atomic E-state index is -0.399. The topological polar surface area (TPSA) is 30.9 Å². The van der Waals surface area contributed by atoms with Crippen LogP contribution in [0.15, 0.2) is 18.2 Å². The van der Waals surface area contributed by atoms with E-state index in [2.05, 4.69) is 23.1 Å². The van der Waals surface area contributed by atoms with Crippen LogP contribution in [0.25, 0.3) is 0 Å². The Morgan fingerprint density at radius 2 is 1.88 bits per heavy atom. The third-order valence-corrected chi connectivity index (χ3v) is 7.08.